The van der Waals surface area contributed by atoms with Crippen LogP contribution in [0.1, 0.15) is 13.3 Å². The molecule has 3 aliphatic rings. The maximum absolute atomic E-state index is 11.4. The van der Waals surface area contributed by atoms with Crippen LogP contribution in [-0.4, -0.2) is 47.2 Å². The monoisotopic (exact) mass is 199 g/mol. The Bertz CT molecular complexity index is 291. The molecule has 3 rings (SSSR count). The van der Waals surface area contributed by atoms with Crippen LogP contribution in [0.2, 0.25) is 0 Å². The van der Waals surface area contributed by atoms with Gasteiger partial charge in [-0.05, 0) is 6.42 Å². The molecule has 4 atom stereocenters. The van der Waals surface area contributed by atoms with Crippen LogP contribution in [0, 0.1) is 5.92 Å². The quantitative estimate of drug-likeness (QED) is 0.558. The van der Waals surface area contributed by atoms with E-state index in [1.54, 1.807) is 0 Å². The van der Waals surface area contributed by atoms with Gasteiger partial charge in [-0.1, -0.05) is 0 Å². The molecular weight excluding hydrogens is 186 g/mol. The third-order valence-electron chi connectivity index (χ3n) is 3.22. The Labute approximate surface area is 81.6 Å². The molecule has 1 saturated carbocycles. The molecule has 2 saturated heterocycles. The fourth-order valence-electron chi connectivity index (χ4n) is 2.49. The van der Waals surface area contributed by atoms with Crippen LogP contribution in [-0.2, 0) is 14.3 Å². The molecular formula is C9H13NO4. The Kier molecular flexibility index (Phi) is 1.99. The van der Waals surface area contributed by atoms with Crippen LogP contribution >= 0.6 is 0 Å². The summed E-state index contributed by atoms with van der Waals surface area (Å²) in [6, 6.07) is -0.751. The van der Waals surface area contributed by atoms with Gasteiger partial charge in [0.25, 0.3) is 0 Å². The van der Waals surface area contributed by atoms with E-state index in [1.165, 1.54) is 18.9 Å². The lowest BCUT2D eigenvalue weighted by Gasteiger charge is -2.31. The van der Waals surface area contributed by atoms with Crippen LogP contribution in [0.25, 0.3) is 0 Å². The number of methoxy groups -OCH3 is 1. The second-order valence-electron chi connectivity index (χ2n) is 3.85. The molecule has 5 heteroatoms. The first kappa shape index (κ1) is 9.45. The first-order valence-corrected chi connectivity index (χ1v) is 4.62. The summed E-state index contributed by atoms with van der Waals surface area (Å²) in [5, 5.41) is 9.58. The van der Waals surface area contributed by atoms with E-state index >= 15 is 0 Å². The maximum Gasteiger partial charge on any atom is 0.328 e. The van der Waals surface area contributed by atoms with Gasteiger partial charge in [-0.15, -0.1) is 0 Å². The number of aliphatic hydroxyl groups excluding tert-OH is 1. The van der Waals surface area contributed by atoms with E-state index in [-0.39, 0.29) is 17.9 Å². The zero-order valence-corrected chi connectivity index (χ0v) is 8.14. The Morgan fingerprint density at radius 1 is 1.50 bits per heavy atom. The number of rotatable bonds is 1. The van der Waals surface area contributed by atoms with Crippen LogP contribution in [0.3, 0.4) is 0 Å². The van der Waals surface area contributed by atoms with Crippen molar-refractivity contribution in [1.29, 1.82) is 0 Å². The summed E-state index contributed by atoms with van der Waals surface area (Å²) in [4.78, 5) is 24.1. The van der Waals surface area contributed by atoms with Crippen molar-refractivity contribution in [3.63, 3.8) is 0 Å². The van der Waals surface area contributed by atoms with Gasteiger partial charge in [0.2, 0.25) is 5.91 Å². The molecule has 0 aromatic carbocycles. The molecule has 14 heavy (non-hydrogen) atoms. The summed E-state index contributed by atoms with van der Waals surface area (Å²) in [7, 11) is 1.29. The number of esters is 1. The van der Waals surface area contributed by atoms with E-state index in [9.17, 15) is 14.7 Å². The van der Waals surface area contributed by atoms with E-state index in [1.807, 2.05) is 0 Å². The number of fused-ring (bicyclic) bond motifs is 1. The minimum absolute atomic E-state index is 0.128. The lowest BCUT2D eigenvalue weighted by atomic mass is 9.79. The van der Waals surface area contributed by atoms with Gasteiger partial charge >= 0.3 is 5.97 Å². The number of carbonyl (C=O) groups is 2. The van der Waals surface area contributed by atoms with Crippen molar-refractivity contribution in [3.8, 4) is 0 Å². The molecule has 2 heterocycles. The van der Waals surface area contributed by atoms with E-state index in [0.29, 0.717) is 6.42 Å². The highest BCUT2D eigenvalue weighted by molar-refractivity contribution is 5.86. The number of hydrogen-bond acceptors (Lipinski definition) is 4. The average Bonchev–Trinajstić information content (AvgIpc) is 2.68. The topological polar surface area (TPSA) is 66.8 Å². The summed E-state index contributed by atoms with van der Waals surface area (Å²) in [5.41, 5.74) is 0. The molecule has 0 unspecified atom stereocenters. The van der Waals surface area contributed by atoms with Gasteiger partial charge in [0, 0.05) is 12.8 Å². The van der Waals surface area contributed by atoms with Gasteiger partial charge in [0.1, 0.15) is 6.04 Å². The number of carbonyl (C=O) groups excluding carboxylic acids is 2. The first-order valence-electron chi connectivity index (χ1n) is 4.62. The zero-order chi connectivity index (χ0) is 10.5. The summed E-state index contributed by atoms with van der Waals surface area (Å²) in [6.07, 6.45) is 0.156. The average molecular weight is 199 g/mol. The van der Waals surface area contributed by atoms with E-state index in [4.69, 9.17) is 0 Å². The highest BCUT2D eigenvalue weighted by Gasteiger charge is 2.61. The van der Waals surface area contributed by atoms with Gasteiger partial charge < -0.3 is 14.7 Å². The summed E-state index contributed by atoms with van der Waals surface area (Å²) >= 11 is 0. The molecule has 0 radical (unpaired) electrons. The molecule has 1 N–H and O–H groups in total. The van der Waals surface area contributed by atoms with Gasteiger partial charge in [0.15, 0.2) is 0 Å². The van der Waals surface area contributed by atoms with Crippen molar-refractivity contribution in [2.45, 2.75) is 31.5 Å². The SMILES string of the molecule is COC(=O)[C@H]1[C@H]2C[C@H]([C@@H]2O)N1C(C)=O. The predicted octanol–water partition coefficient (Wildman–Crippen LogP) is -0.861. The lowest BCUT2D eigenvalue weighted by molar-refractivity contribution is -0.150. The van der Waals surface area contributed by atoms with Crippen LogP contribution < -0.4 is 0 Å². The summed E-state index contributed by atoms with van der Waals surface area (Å²) in [6.45, 7) is 1.41. The van der Waals surface area contributed by atoms with Crippen molar-refractivity contribution < 1.29 is 19.4 Å². The largest absolute Gasteiger partial charge is 0.467 e. The Morgan fingerprint density at radius 2 is 2.14 bits per heavy atom. The number of aliphatic hydroxyl groups is 1. The molecule has 5 nitrogen and oxygen atoms in total. The zero-order valence-electron chi connectivity index (χ0n) is 8.14. The van der Waals surface area contributed by atoms with E-state index in [2.05, 4.69) is 4.74 Å². The molecule has 0 spiro atoms. The molecule has 0 aromatic rings. The second kappa shape index (κ2) is 2.95. The smallest absolute Gasteiger partial charge is 0.328 e. The van der Waals surface area contributed by atoms with Crippen LogP contribution in [0.5, 0.6) is 0 Å². The van der Waals surface area contributed by atoms with Crippen molar-refractivity contribution >= 4 is 11.9 Å². The Balaban J connectivity index is 2.23. The van der Waals surface area contributed by atoms with Gasteiger partial charge in [-0.2, -0.15) is 0 Å². The lowest BCUT2D eigenvalue weighted by Crippen LogP contribution is -2.44. The van der Waals surface area contributed by atoms with Crippen LogP contribution in [0.15, 0.2) is 0 Å². The van der Waals surface area contributed by atoms with Crippen molar-refractivity contribution in [1.82, 2.24) is 4.90 Å². The second-order valence-corrected chi connectivity index (χ2v) is 3.85. The minimum atomic E-state index is -0.572. The molecule has 1 amide bonds. The number of amides is 1. The fraction of sp³-hybridized carbons (Fsp3) is 0.778. The fourth-order valence-corrected chi connectivity index (χ4v) is 2.49. The van der Waals surface area contributed by atoms with Crippen LogP contribution in [0.4, 0.5) is 0 Å². The predicted molar refractivity (Wildman–Crippen MR) is 46.2 cm³/mol. The molecule has 78 valence electrons. The van der Waals surface area contributed by atoms with Crippen molar-refractivity contribution in [3.05, 3.63) is 0 Å². The van der Waals surface area contributed by atoms with Crippen molar-refractivity contribution in [2.75, 3.05) is 7.11 Å². The molecule has 3 fully saturated rings. The molecule has 0 aromatic heterocycles. The number of ether oxygens (including phenoxy) is 1. The molecule has 1 aliphatic carbocycles. The van der Waals surface area contributed by atoms with Gasteiger partial charge in [-0.25, -0.2) is 4.79 Å². The third kappa shape index (κ3) is 0.987. The highest BCUT2D eigenvalue weighted by Crippen LogP contribution is 2.46. The van der Waals surface area contributed by atoms with Gasteiger partial charge in [-0.3, -0.25) is 4.79 Å². The van der Waals surface area contributed by atoms with E-state index in [0.717, 1.165) is 0 Å². The number of hydrogen-bond donors (Lipinski definition) is 1. The number of nitrogens with zero attached hydrogens (tertiary/aromatic N) is 1. The maximum atomic E-state index is 11.4. The minimum Gasteiger partial charge on any atom is -0.467 e. The standard InChI is InChI=1S/C9H13NO4/c1-4(11)10-6-3-5(8(6)12)7(10)9(13)14-2/h5-8,12H,3H2,1-2H3/t5-,6-,7-,8-/m1/s1. The first-order chi connectivity index (χ1) is 6.57. The van der Waals surface area contributed by atoms with Crippen molar-refractivity contribution in [2.24, 2.45) is 5.92 Å². The third-order valence-corrected chi connectivity index (χ3v) is 3.22. The Morgan fingerprint density at radius 3 is 2.57 bits per heavy atom. The molecule has 2 aliphatic heterocycles. The highest BCUT2D eigenvalue weighted by atomic mass is 16.5. The normalized spacial score (nSPS) is 39.2. The summed E-state index contributed by atoms with van der Waals surface area (Å²) in [5.74, 6) is -0.731. The molecule has 2 bridgehead atoms. The van der Waals surface area contributed by atoms with E-state index < -0.39 is 18.1 Å². The van der Waals surface area contributed by atoms with Gasteiger partial charge in [0.05, 0.1) is 19.3 Å². The summed E-state index contributed by atoms with van der Waals surface area (Å²) < 4.78 is 4.62. The Hall–Kier alpha value is -1.10.